The van der Waals surface area contributed by atoms with E-state index >= 15 is 0 Å². The van der Waals surface area contributed by atoms with Crippen LogP contribution >= 0.6 is 11.6 Å². The first-order valence-corrected chi connectivity index (χ1v) is 6.59. The molecule has 18 heavy (non-hydrogen) atoms. The molecule has 0 aromatic heterocycles. The van der Waals surface area contributed by atoms with Gasteiger partial charge in [0.25, 0.3) is 0 Å². The first-order chi connectivity index (χ1) is 8.86. The van der Waals surface area contributed by atoms with E-state index in [9.17, 15) is 0 Å². The van der Waals surface area contributed by atoms with Crippen LogP contribution in [0, 0.1) is 0 Å². The predicted molar refractivity (Wildman–Crippen MR) is 75.9 cm³/mol. The van der Waals surface area contributed by atoms with Crippen molar-refractivity contribution >= 4 is 11.6 Å². The number of hydrogen-bond donors (Lipinski definition) is 0. The van der Waals surface area contributed by atoms with E-state index in [1.807, 2.05) is 36.4 Å². The maximum Gasteiger partial charge on any atom is 0.0716 e. The van der Waals surface area contributed by atoms with Gasteiger partial charge in [-0.2, -0.15) is 0 Å². The van der Waals surface area contributed by atoms with Gasteiger partial charge in [-0.3, -0.25) is 0 Å². The highest BCUT2D eigenvalue weighted by Crippen LogP contribution is 2.16. The molecule has 0 N–H and O–H groups in total. The Morgan fingerprint density at radius 2 is 1.61 bits per heavy atom. The maximum absolute atomic E-state index is 6.09. The van der Waals surface area contributed by atoms with Gasteiger partial charge in [0, 0.05) is 11.6 Å². The summed E-state index contributed by atoms with van der Waals surface area (Å²) in [6.07, 6.45) is 1.96. The molecule has 0 saturated heterocycles. The molecule has 0 heterocycles. The van der Waals surface area contributed by atoms with Crippen molar-refractivity contribution in [3.63, 3.8) is 0 Å². The Hall–Kier alpha value is -1.31. The molecule has 0 spiro atoms. The van der Waals surface area contributed by atoms with E-state index < -0.39 is 0 Å². The second-order valence-corrected chi connectivity index (χ2v) is 4.64. The van der Waals surface area contributed by atoms with Crippen LogP contribution in [-0.2, 0) is 17.8 Å². The van der Waals surface area contributed by atoms with E-state index in [1.165, 1.54) is 11.1 Å². The Bertz CT molecular complexity index is 468. The second-order valence-electron chi connectivity index (χ2n) is 4.23. The minimum Gasteiger partial charge on any atom is -0.377 e. The Morgan fingerprint density at radius 1 is 0.889 bits per heavy atom. The summed E-state index contributed by atoms with van der Waals surface area (Å²) in [5, 5.41) is 0.848. The normalized spacial score (nSPS) is 10.5. The Morgan fingerprint density at radius 3 is 2.39 bits per heavy atom. The van der Waals surface area contributed by atoms with Crippen LogP contribution in [-0.4, -0.2) is 6.61 Å². The summed E-state index contributed by atoms with van der Waals surface area (Å²) in [6.45, 7) is 1.45. The summed E-state index contributed by atoms with van der Waals surface area (Å²) in [5.74, 6) is 0. The van der Waals surface area contributed by atoms with Gasteiger partial charge < -0.3 is 4.74 Å². The van der Waals surface area contributed by atoms with Crippen LogP contribution in [0.25, 0.3) is 0 Å². The van der Waals surface area contributed by atoms with Crippen molar-refractivity contribution in [1.82, 2.24) is 0 Å². The lowest BCUT2D eigenvalue weighted by Gasteiger charge is -2.05. The topological polar surface area (TPSA) is 9.23 Å². The van der Waals surface area contributed by atoms with Gasteiger partial charge in [-0.05, 0) is 30.0 Å². The van der Waals surface area contributed by atoms with Crippen LogP contribution in [0.15, 0.2) is 54.6 Å². The monoisotopic (exact) mass is 260 g/mol. The third-order valence-electron chi connectivity index (χ3n) is 2.80. The van der Waals surface area contributed by atoms with E-state index in [4.69, 9.17) is 16.3 Å². The first-order valence-electron chi connectivity index (χ1n) is 6.21. The molecule has 2 aromatic rings. The van der Waals surface area contributed by atoms with Crippen LogP contribution in [0.1, 0.15) is 17.5 Å². The summed E-state index contributed by atoms with van der Waals surface area (Å²) in [4.78, 5) is 0. The summed E-state index contributed by atoms with van der Waals surface area (Å²) in [5.41, 5.74) is 2.41. The summed E-state index contributed by atoms with van der Waals surface area (Å²) < 4.78 is 5.64. The molecule has 0 aliphatic heterocycles. The molecule has 2 heteroatoms. The fourth-order valence-corrected chi connectivity index (χ4v) is 2.06. The first kappa shape index (κ1) is 13.1. The number of rotatable bonds is 6. The molecular formula is C16H17ClO. The largest absolute Gasteiger partial charge is 0.377 e. The lowest BCUT2D eigenvalue weighted by molar-refractivity contribution is 0.118. The van der Waals surface area contributed by atoms with Crippen molar-refractivity contribution in [3.8, 4) is 0 Å². The Labute approximate surface area is 113 Å². The van der Waals surface area contributed by atoms with E-state index in [2.05, 4.69) is 18.2 Å². The quantitative estimate of drug-likeness (QED) is 0.696. The lowest BCUT2D eigenvalue weighted by Crippen LogP contribution is -1.97. The average molecular weight is 261 g/mol. The van der Waals surface area contributed by atoms with E-state index in [1.54, 1.807) is 0 Å². The minimum atomic E-state index is 0.684. The van der Waals surface area contributed by atoms with Crippen molar-refractivity contribution in [1.29, 1.82) is 0 Å². The van der Waals surface area contributed by atoms with Crippen molar-refractivity contribution in [3.05, 3.63) is 70.7 Å². The van der Waals surface area contributed by atoms with Crippen molar-refractivity contribution in [2.45, 2.75) is 19.4 Å². The SMILES string of the molecule is Clc1ccccc1CCCOCc1ccccc1. The Kier molecular flexibility index (Phi) is 5.25. The Balaban J connectivity index is 1.66. The number of hydrogen-bond acceptors (Lipinski definition) is 1. The highest BCUT2D eigenvalue weighted by molar-refractivity contribution is 6.31. The molecule has 2 rings (SSSR count). The molecule has 0 atom stereocenters. The molecule has 0 saturated carbocycles. The summed E-state index contributed by atoms with van der Waals surface area (Å²) in [7, 11) is 0. The van der Waals surface area contributed by atoms with Crippen molar-refractivity contribution < 1.29 is 4.74 Å². The highest BCUT2D eigenvalue weighted by Gasteiger charge is 1.98. The van der Waals surface area contributed by atoms with Gasteiger partial charge in [0.2, 0.25) is 0 Å². The molecule has 0 radical (unpaired) electrons. The fourth-order valence-electron chi connectivity index (χ4n) is 1.83. The van der Waals surface area contributed by atoms with Crippen LogP contribution in [0.5, 0.6) is 0 Å². The van der Waals surface area contributed by atoms with Gasteiger partial charge in [-0.25, -0.2) is 0 Å². The second kappa shape index (κ2) is 7.20. The average Bonchev–Trinajstić information content (AvgIpc) is 2.42. The molecule has 0 unspecified atom stereocenters. The fraction of sp³-hybridized carbons (Fsp3) is 0.250. The number of halogens is 1. The molecular weight excluding hydrogens is 244 g/mol. The smallest absolute Gasteiger partial charge is 0.0716 e. The zero-order valence-corrected chi connectivity index (χ0v) is 11.1. The molecule has 0 amide bonds. The third-order valence-corrected chi connectivity index (χ3v) is 3.17. The molecule has 0 aliphatic rings. The molecule has 0 fully saturated rings. The van der Waals surface area contributed by atoms with Crippen LogP contribution < -0.4 is 0 Å². The van der Waals surface area contributed by atoms with Gasteiger partial charge in [0.15, 0.2) is 0 Å². The zero-order valence-electron chi connectivity index (χ0n) is 10.3. The molecule has 2 aromatic carbocycles. The van der Waals surface area contributed by atoms with E-state index in [0.29, 0.717) is 6.61 Å². The van der Waals surface area contributed by atoms with Crippen LogP contribution in [0.2, 0.25) is 5.02 Å². The zero-order chi connectivity index (χ0) is 12.6. The number of ether oxygens (including phenoxy) is 1. The predicted octanol–water partition coefficient (Wildman–Crippen LogP) is 4.49. The molecule has 0 bridgehead atoms. The van der Waals surface area contributed by atoms with Gasteiger partial charge >= 0.3 is 0 Å². The number of benzene rings is 2. The van der Waals surface area contributed by atoms with Gasteiger partial charge in [0.05, 0.1) is 6.61 Å². The lowest BCUT2D eigenvalue weighted by atomic mass is 10.1. The highest BCUT2D eigenvalue weighted by atomic mass is 35.5. The minimum absolute atomic E-state index is 0.684. The summed E-state index contributed by atoms with van der Waals surface area (Å²) in [6, 6.07) is 18.2. The van der Waals surface area contributed by atoms with E-state index in [0.717, 1.165) is 24.5 Å². The standard InChI is InChI=1S/C16H17ClO/c17-16-11-5-4-9-15(16)10-6-12-18-13-14-7-2-1-3-8-14/h1-5,7-9,11H,6,10,12-13H2. The maximum atomic E-state index is 6.09. The summed E-state index contributed by atoms with van der Waals surface area (Å²) >= 11 is 6.09. The van der Waals surface area contributed by atoms with Crippen molar-refractivity contribution in [2.75, 3.05) is 6.61 Å². The molecule has 0 aliphatic carbocycles. The van der Waals surface area contributed by atoms with Crippen molar-refractivity contribution in [2.24, 2.45) is 0 Å². The van der Waals surface area contributed by atoms with Crippen LogP contribution in [0.3, 0.4) is 0 Å². The van der Waals surface area contributed by atoms with Gasteiger partial charge in [-0.15, -0.1) is 0 Å². The third kappa shape index (κ3) is 4.17. The number of aryl methyl sites for hydroxylation is 1. The van der Waals surface area contributed by atoms with Crippen LogP contribution in [0.4, 0.5) is 0 Å². The van der Waals surface area contributed by atoms with Gasteiger partial charge in [0.1, 0.15) is 0 Å². The molecule has 1 nitrogen and oxygen atoms in total. The van der Waals surface area contributed by atoms with Gasteiger partial charge in [-0.1, -0.05) is 60.1 Å². The van der Waals surface area contributed by atoms with E-state index in [-0.39, 0.29) is 0 Å². The molecule has 94 valence electrons.